The molecule has 2 aromatic heterocycles. The topological polar surface area (TPSA) is 122 Å². The minimum absolute atomic E-state index is 0.0116. The lowest BCUT2D eigenvalue weighted by Crippen LogP contribution is -2.38. The number of nitrogens with zero attached hydrogens (tertiary/aromatic N) is 3. The molecule has 13 heteroatoms. The van der Waals surface area contributed by atoms with Crippen LogP contribution in [-0.2, 0) is 20.9 Å². The number of anilines is 1. The first-order chi connectivity index (χ1) is 12.6. The van der Waals surface area contributed by atoms with Crippen LogP contribution in [0.3, 0.4) is 0 Å². The maximum absolute atomic E-state index is 11.8. The normalized spacial score (nSPS) is 10.4. The van der Waals surface area contributed by atoms with Crippen molar-refractivity contribution in [3.63, 3.8) is 0 Å². The van der Waals surface area contributed by atoms with Crippen LogP contribution in [0.2, 0.25) is 0 Å². The van der Waals surface area contributed by atoms with E-state index in [1.807, 2.05) is 0 Å². The lowest BCUT2D eigenvalue weighted by molar-refractivity contribution is -0.753. The van der Waals surface area contributed by atoms with Crippen LogP contribution >= 0.6 is 11.3 Å². The van der Waals surface area contributed by atoms with Crippen LogP contribution in [0.15, 0.2) is 30.0 Å². The van der Waals surface area contributed by atoms with Gasteiger partial charge in [0.2, 0.25) is 0 Å². The van der Waals surface area contributed by atoms with Crippen LogP contribution in [0, 0.1) is 0 Å². The average molecular weight is 407 g/mol. The number of rotatable bonds is 5. The number of hydrogen-bond acceptors (Lipinski definition) is 7. The molecule has 0 aliphatic heterocycles. The fourth-order valence-electron chi connectivity index (χ4n) is 1.43. The molecule has 0 aliphatic rings. The molecule has 2 heterocycles. The number of hydrogen-bond donors (Lipinski definition) is 2. The van der Waals surface area contributed by atoms with Gasteiger partial charge in [0.25, 0.3) is 5.91 Å². The summed E-state index contributed by atoms with van der Waals surface area (Å²) in [5.41, 5.74) is 0.391. The van der Waals surface area contributed by atoms with Crippen LogP contribution in [0.1, 0.15) is 16.8 Å². The van der Waals surface area contributed by atoms with E-state index in [0.29, 0.717) is 17.8 Å². The molecule has 146 valence electrons. The Morgan fingerprint density at radius 2 is 2.07 bits per heavy atom. The number of carbonyl (C=O) groups is 3. The van der Waals surface area contributed by atoms with Crippen LogP contribution in [-0.4, -0.2) is 46.3 Å². The molecule has 0 spiro atoms. The van der Waals surface area contributed by atoms with E-state index in [9.17, 15) is 27.6 Å². The number of ether oxygens (including phenoxy) is 1. The van der Waals surface area contributed by atoms with Gasteiger partial charge in [0.15, 0.2) is 17.9 Å². The highest BCUT2D eigenvalue weighted by Crippen LogP contribution is 2.15. The Bertz CT molecular complexity index is 766. The lowest BCUT2D eigenvalue weighted by atomic mass is 10.3. The Kier molecular flexibility index (Phi) is 8.26. The summed E-state index contributed by atoms with van der Waals surface area (Å²) in [5, 5.41) is 17.4. The summed E-state index contributed by atoms with van der Waals surface area (Å²) in [6.45, 7) is 0.268. The quantitative estimate of drug-likeness (QED) is 0.565. The molecule has 0 fully saturated rings. The first kappa shape index (κ1) is 22.0. The van der Waals surface area contributed by atoms with E-state index in [1.54, 1.807) is 23.8 Å². The number of carboxylic acids is 1. The van der Waals surface area contributed by atoms with Gasteiger partial charge in [0.1, 0.15) is 12.6 Å². The molecule has 0 aliphatic carbocycles. The summed E-state index contributed by atoms with van der Waals surface area (Å²) in [7, 11) is 0.676. The monoisotopic (exact) mass is 407 g/mol. The zero-order valence-corrected chi connectivity index (χ0v) is 14.6. The largest absolute Gasteiger partial charge is 0.490 e. The number of methoxy groups -OCH3 is 1. The SMILES string of the molecule is COC(=O)C(F)(F)F.O=C(O)CC[n+]1ccc(C(=O)Nc2nccs2)cn1. The van der Waals surface area contributed by atoms with E-state index in [0.717, 1.165) is 0 Å². The molecule has 27 heavy (non-hydrogen) atoms. The number of alkyl halides is 3. The number of esters is 1. The predicted molar refractivity (Wildman–Crippen MR) is 84.8 cm³/mol. The predicted octanol–water partition coefficient (Wildman–Crippen LogP) is 1.27. The number of aliphatic carboxylic acids is 1. The van der Waals surface area contributed by atoms with Crippen molar-refractivity contribution in [3.8, 4) is 0 Å². The number of aryl methyl sites for hydroxylation is 1. The van der Waals surface area contributed by atoms with Crippen LogP contribution in [0.4, 0.5) is 18.3 Å². The molecule has 0 saturated carbocycles. The zero-order valence-electron chi connectivity index (χ0n) is 13.8. The van der Waals surface area contributed by atoms with Crippen molar-refractivity contribution in [1.29, 1.82) is 0 Å². The van der Waals surface area contributed by atoms with Crippen molar-refractivity contribution in [2.75, 3.05) is 12.4 Å². The molecule has 0 unspecified atom stereocenters. The maximum atomic E-state index is 11.8. The number of amides is 1. The van der Waals surface area contributed by atoms with Gasteiger partial charge in [0, 0.05) is 17.6 Å². The smallest absolute Gasteiger partial charge is 0.481 e. The molecular weight excluding hydrogens is 393 g/mol. The maximum Gasteiger partial charge on any atom is 0.490 e. The zero-order chi connectivity index (χ0) is 20.4. The van der Waals surface area contributed by atoms with Gasteiger partial charge in [-0.25, -0.2) is 9.78 Å². The fourth-order valence-corrected chi connectivity index (χ4v) is 1.96. The number of aromatic nitrogens is 3. The van der Waals surface area contributed by atoms with E-state index >= 15 is 0 Å². The number of carboxylic acid groups (broad SMARTS) is 1. The third-order valence-electron chi connectivity index (χ3n) is 2.66. The Morgan fingerprint density at radius 1 is 1.37 bits per heavy atom. The minimum atomic E-state index is -4.85. The fraction of sp³-hybridized carbons (Fsp3) is 0.286. The van der Waals surface area contributed by atoms with Gasteiger partial charge in [-0.3, -0.25) is 14.9 Å². The number of nitrogens with one attached hydrogen (secondary N) is 1. The first-order valence-corrected chi connectivity index (χ1v) is 7.95. The molecule has 1 amide bonds. The van der Waals surface area contributed by atoms with Gasteiger partial charge in [-0.05, 0) is 5.10 Å². The first-order valence-electron chi connectivity index (χ1n) is 7.07. The summed E-state index contributed by atoms with van der Waals surface area (Å²) in [6, 6.07) is 1.58. The van der Waals surface area contributed by atoms with E-state index in [1.165, 1.54) is 22.2 Å². The van der Waals surface area contributed by atoms with Crippen LogP contribution < -0.4 is 10.00 Å². The molecule has 2 N–H and O–H groups in total. The number of carbonyl (C=O) groups excluding carboxylic acids is 2. The number of thiazole rings is 1. The van der Waals surface area contributed by atoms with Gasteiger partial charge in [-0.15, -0.1) is 11.3 Å². The summed E-state index contributed by atoms with van der Waals surface area (Å²) in [4.78, 5) is 35.6. The molecule has 0 radical (unpaired) electrons. The Morgan fingerprint density at radius 3 is 2.48 bits per heavy atom. The van der Waals surface area contributed by atoms with Crippen molar-refractivity contribution in [1.82, 2.24) is 10.1 Å². The van der Waals surface area contributed by atoms with Crippen molar-refractivity contribution >= 4 is 34.3 Å². The highest BCUT2D eigenvalue weighted by atomic mass is 32.1. The minimum Gasteiger partial charge on any atom is -0.481 e. The van der Waals surface area contributed by atoms with Gasteiger partial charge in [0.05, 0.1) is 12.7 Å². The van der Waals surface area contributed by atoms with E-state index < -0.39 is 18.1 Å². The van der Waals surface area contributed by atoms with Gasteiger partial charge >= 0.3 is 18.1 Å². The van der Waals surface area contributed by atoms with Gasteiger partial charge in [-0.1, -0.05) is 4.68 Å². The lowest BCUT2D eigenvalue weighted by Gasteiger charge is -1.99. The van der Waals surface area contributed by atoms with Crippen molar-refractivity contribution in [3.05, 3.63) is 35.6 Å². The van der Waals surface area contributed by atoms with Crippen molar-refractivity contribution in [2.45, 2.75) is 19.1 Å². The molecule has 0 bridgehead atoms. The average Bonchev–Trinajstić information content (AvgIpc) is 3.12. The van der Waals surface area contributed by atoms with Crippen LogP contribution in [0.25, 0.3) is 0 Å². The molecule has 0 saturated heterocycles. The molecule has 2 rings (SSSR count). The third-order valence-corrected chi connectivity index (χ3v) is 3.35. The van der Waals surface area contributed by atoms with Crippen molar-refractivity contribution in [2.24, 2.45) is 0 Å². The molecule has 0 aromatic carbocycles. The Hall–Kier alpha value is -3.09. The molecule has 2 aromatic rings. The molecular formula is C14H14F3N4O5S+. The highest BCUT2D eigenvalue weighted by Gasteiger charge is 2.40. The second-order valence-corrected chi connectivity index (χ2v) is 5.50. The Labute approximate surface area is 154 Å². The summed E-state index contributed by atoms with van der Waals surface area (Å²) >= 11 is 1.33. The second kappa shape index (κ2) is 10.2. The summed E-state index contributed by atoms with van der Waals surface area (Å²) in [6.07, 6.45) is -0.301. The van der Waals surface area contributed by atoms with E-state index in [-0.39, 0.29) is 18.9 Å². The Balaban J connectivity index is 0.000000387. The molecule has 9 nitrogen and oxygen atoms in total. The molecule has 0 atom stereocenters. The number of halogens is 3. The second-order valence-electron chi connectivity index (χ2n) is 4.60. The standard InChI is InChI=1S/C11H10N4O3S.C3H3F3O2/c16-9(17)2-5-15-4-1-8(7-13-15)10(18)14-11-12-3-6-19-11;1-8-2(7)3(4,5)6/h1,3-4,6-7H,2,5H2,(H-,12,14,16,17,18);1H3/p+1. The van der Waals surface area contributed by atoms with Crippen LogP contribution in [0.5, 0.6) is 0 Å². The van der Waals surface area contributed by atoms with Crippen molar-refractivity contribution < 1.29 is 42.1 Å². The van der Waals surface area contributed by atoms with Gasteiger partial charge < -0.3 is 9.84 Å². The van der Waals surface area contributed by atoms with E-state index in [2.05, 4.69) is 20.1 Å². The van der Waals surface area contributed by atoms with E-state index in [4.69, 9.17) is 5.11 Å². The third kappa shape index (κ3) is 8.22. The highest BCUT2D eigenvalue weighted by molar-refractivity contribution is 7.13. The summed E-state index contributed by atoms with van der Waals surface area (Å²) < 4.78 is 37.7. The van der Waals surface area contributed by atoms with Gasteiger partial charge in [-0.2, -0.15) is 13.2 Å². The summed E-state index contributed by atoms with van der Waals surface area (Å²) in [5.74, 6) is -3.36.